The number of para-hydroxylation sites is 1. The highest BCUT2D eigenvalue weighted by Crippen LogP contribution is 2.31. The molecule has 1 fully saturated rings. The molecular weight excluding hydrogens is 346 g/mol. The van der Waals surface area contributed by atoms with E-state index in [-0.39, 0.29) is 5.91 Å². The normalized spacial score (nSPS) is 17.2. The summed E-state index contributed by atoms with van der Waals surface area (Å²) in [5.74, 6) is 0.642. The van der Waals surface area contributed by atoms with Gasteiger partial charge in [-0.1, -0.05) is 18.2 Å². The Balaban J connectivity index is 1.62. The quantitative estimate of drug-likeness (QED) is 0.714. The van der Waals surface area contributed by atoms with Crippen LogP contribution >= 0.6 is 11.8 Å². The predicted octanol–water partition coefficient (Wildman–Crippen LogP) is 4.08. The van der Waals surface area contributed by atoms with Crippen molar-refractivity contribution in [2.24, 2.45) is 12.0 Å². The minimum atomic E-state index is -0.129. The molecule has 130 valence electrons. The second-order valence-electron chi connectivity index (χ2n) is 5.89. The van der Waals surface area contributed by atoms with Crippen molar-refractivity contribution in [1.29, 1.82) is 0 Å². The van der Waals surface area contributed by atoms with E-state index >= 15 is 0 Å². The number of ether oxygens (including phenoxy) is 1. The molecule has 3 aromatic rings. The van der Waals surface area contributed by atoms with Crippen molar-refractivity contribution in [3.8, 4) is 5.75 Å². The lowest BCUT2D eigenvalue weighted by molar-refractivity contribution is -0.115. The monoisotopic (exact) mass is 363 g/mol. The second kappa shape index (κ2) is 6.72. The summed E-state index contributed by atoms with van der Waals surface area (Å²) >= 11 is 1.35. The van der Waals surface area contributed by atoms with Gasteiger partial charge in [-0.05, 0) is 48.2 Å². The lowest BCUT2D eigenvalue weighted by Crippen LogP contribution is -2.19. The first-order chi connectivity index (χ1) is 12.6. The SMILES string of the molecule is COc1ccc(N=C2NC(=O)/C(=C\c3cn(C)c4ccccc34)S2)cc1. The number of hydrogen-bond acceptors (Lipinski definition) is 4. The van der Waals surface area contributed by atoms with Crippen LogP contribution in [0.3, 0.4) is 0 Å². The standard InChI is InChI=1S/C20H17N3O2S/c1-23-12-13(16-5-3-4-6-17(16)23)11-18-19(24)22-20(26-18)21-14-7-9-15(25-2)10-8-14/h3-12H,1-2H3,(H,21,22,24)/b18-11+. The molecule has 0 aliphatic carbocycles. The Bertz CT molecular complexity index is 1050. The highest BCUT2D eigenvalue weighted by Gasteiger charge is 2.24. The van der Waals surface area contributed by atoms with E-state index in [0.717, 1.165) is 27.9 Å². The van der Waals surface area contributed by atoms with Crippen molar-refractivity contribution < 1.29 is 9.53 Å². The highest BCUT2D eigenvalue weighted by molar-refractivity contribution is 8.18. The first-order valence-electron chi connectivity index (χ1n) is 8.12. The Morgan fingerprint density at radius 1 is 1.15 bits per heavy atom. The lowest BCUT2D eigenvalue weighted by Gasteiger charge is -1.99. The summed E-state index contributed by atoms with van der Waals surface area (Å²) in [6.45, 7) is 0. The van der Waals surface area contributed by atoms with Gasteiger partial charge >= 0.3 is 0 Å². The topological polar surface area (TPSA) is 55.6 Å². The first-order valence-corrected chi connectivity index (χ1v) is 8.93. The molecule has 2 heterocycles. The van der Waals surface area contributed by atoms with Crippen LogP contribution in [-0.2, 0) is 11.8 Å². The molecule has 0 unspecified atom stereocenters. The van der Waals surface area contributed by atoms with Gasteiger partial charge < -0.3 is 14.6 Å². The fourth-order valence-electron chi connectivity index (χ4n) is 2.88. The average molecular weight is 363 g/mol. The molecule has 26 heavy (non-hydrogen) atoms. The van der Waals surface area contributed by atoms with E-state index in [2.05, 4.69) is 27.0 Å². The van der Waals surface area contributed by atoms with E-state index in [1.807, 2.05) is 55.7 Å². The number of amidine groups is 1. The summed E-state index contributed by atoms with van der Waals surface area (Å²) in [5.41, 5.74) is 2.92. The number of nitrogens with one attached hydrogen (secondary N) is 1. The number of amides is 1. The van der Waals surface area contributed by atoms with Gasteiger partial charge in [-0.3, -0.25) is 4.79 Å². The number of carbonyl (C=O) groups is 1. The van der Waals surface area contributed by atoms with Crippen molar-refractivity contribution in [3.05, 3.63) is 65.2 Å². The van der Waals surface area contributed by atoms with Crippen molar-refractivity contribution >= 4 is 45.5 Å². The van der Waals surface area contributed by atoms with Gasteiger partial charge in [-0.25, -0.2) is 4.99 Å². The molecule has 1 amide bonds. The Kier molecular flexibility index (Phi) is 4.26. The second-order valence-corrected chi connectivity index (χ2v) is 6.92. The van der Waals surface area contributed by atoms with Gasteiger partial charge in [0.2, 0.25) is 0 Å². The van der Waals surface area contributed by atoms with Crippen molar-refractivity contribution in [3.63, 3.8) is 0 Å². The predicted molar refractivity (Wildman–Crippen MR) is 107 cm³/mol. The van der Waals surface area contributed by atoms with Gasteiger partial charge in [0.15, 0.2) is 5.17 Å². The zero-order chi connectivity index (χ0) is 18.1. The molecule has 1 aliphatic rings. The average Bonchev–Trinajstić information content (AvgIpc) is 3.16. The molecule has 0 bridgehead atoms. The van der Waals surface area contributed by atoms with Crippen LogP contribution in [0.15, 0.2) is 64.6 Å². The number of aryl methyl sites for hydroxylation is 1. The summed E-state index contributed by atoms with van der Waals surface area (Å²) in [6, 6.07) is 15.5. The van der Waals surface area contributed by atoms with Gasteiger partial charge in [0.25, 0.3) is 5.91 Å². The first kappa shape index (κ1) is 16.5. The summed E-state index contributed by atoms with van der Waals surface area (Å²) in [7, 11) is 3.63. The zero-order valence-corrected chi connectivity index (χ0v) is 15.2. The largest absolute Gasteiger partial charge is 0.497 e. The molecule has 1 aromatic heterocycles. The fourth-order valence-corrected chi connectivity index (χ4v) is 3.72. The van der Waals surface area contributed by atoms with Gasteiger partial charge in [0.1, 0.15) is 5.75 Å². The van der Waals surface area contributed by atoms with E-state index in [0.29, 0.717) is 10.1 Å². The summed E-state index contributed by atoms with van der Waals surface area (Å²) < 4.78 is 7.20. The minimum Gasteiger partial charge on any atom is -0.497 e. The Hall–Kier alpha value is -2.99. The van der Waals surface area contributed by atoms with E-state index in [1.165, 1.54) is 11.8 Å². The highest BCUT2D eigenvalue weighted by atomic mass is 32.2. The maximum atomic E-state index is 12.3. The van der Waals surface area contributed by atoms with Crippen molar-refractivity contribution in [2.75, 3.05) is 7.11 Å². The number of hydrogen-bond donors (Lipinski definition) is 1. The number of methoxy groups -OCH3 is 1. The number of aliphatic imine (C=N–C) groups is 1. The maximum absolute atomic E-state index is 12.3. The third-order valence-corrected chi connectivity index (χ3v) is 5.08. The van der Waals surface area contributed by atoms with Crippen LogP contribution in [0.4, 0.5) is 5.69 Å². The maximum Gasteiger partial charge on any atom is 0.264 e. The molecule has 1 N–H and O–H groups in total. The van der Waals surface area contributed by atoms with Crippen LogP contribution in [0.5, 0.6) is 5.75 Å². The van der Waals surface area contributed by atoms with Crippen LogP contribution in [0.25, 0.3) is 17.0 Å². The third kappa shape index (κ3) is 3.11. The Morgan fingerprint density at radius 3 is 2.69 bits per heavy atom. The number of carbonyl (C=O) groups excluding carboxylic acids is 1. The molecule has 0 atom stereocenters. The number of nitrogens with zero attached hydrogens (tertiary/aromatic N) is 2. The Labute approximate surface area is 155 Å². The van der Waals surface area contributed by atoms with E-state index in [9.17, 15) is 4.79 Å². The van der Waals surface area contributed by atoms with Gasteiger partial charge in [0, 0.05) is 29.7 Å². The van der Waals surface area contributed by atoms with Crippen LogP contribution < -0.4 is 10.1 Å². The molecule has 4 rings (SSSR count). The number of aromatic nitrogens is 1. The molecular formula is C20H17N3O2S. The number of rotatable bonds is 3. The van der Waals surface area contributed by atoms with Crippen LogP contribution in [0.2, 0.25) is 0 Å². The molecule has 2 aromatic carbocycles. The third-order valence-electron chi connectivity index (χ3n) is 4.17. The van der Waals surface area contributed by atoms with Crippen molar-refractivity contribution in [2.45, 2.75) is 0 Å². The van der Waals surface area contributed by atoms with Gasteiger partial charge in [-0.2, -0.15) is 0 Å². The summed E-state index contributed by atoms with van der Waals surface area (Å²) in [6.07, 6.45) is 3.95. The molecule has 1 saturated heterocycles. The lowest BCUT2D eigenvalue weighted by atomic mass is 10.1. The zero-order valence-electron chi connectivity index (χ0n) is 14.4. The smallest absolute Gasteiger partial charge is 0.264 e. The van der Waals surface area contributed by atoms with Crippen LogP contribution in [0.1, 0.15) is 5.56 Å². The molecule has 0 spiro atoms. The van der Waals surface area contributed by atoms with E-state index in [4.69, 9.17) is 4.74 Å². The van der Waals surface area contributed by atoms with Crippen molar-refractivity contribution in [1.82, 2.24) is 9.88 Å². The van der Waals surface area contributed by atoms with E-state index < -0.39 is 0 Å². The minimum absolute atomic E-state index is 0.129. The molecule has 6 heteroatoms. The Morgan fingerprint density at radius 2 is 1.92 bits per heavy atom. The van der Waals surface area contributed by atoms with Gasteiger partial charge in [0.05, 0.1) is 17.7 Å². The molecule has 0 radical (unpaired) electrons. The summed E-state index contributed by atoms with van der Waals surface area (Å²) in [5, 5.41) is 4.52. The number of benzene rings is 2. The number of fused-ring (bicyclic) bond motifs is 1. The molecule has 5 nitrogen and oxygen atoms in total. The van der Waals surface area contributed by atoms with Crippen LogP contribution in [-0.4, -0.2) is 22.8 Å². The molecule has 0 saturated carbocycles. The molecule has 1 aliphatic heterocycles. The van der Waals surface area contributed by atoms with Gasteiger partial charge in [-0.15, -0.1) is 0 Å². The number of thioether (sulfide) groups is 1. The van der Waals surface area contributed by atoms with E-state index in [1.54, 1.807) is 7.11 Å². The summed E-state index contributed by atoms with van der Waals surface area (Å²) in [4.78, 5) is 17.4. The fraction of sp³-hybridized carbons (Fsp3) is 0.100. The van der Waals surface area contributed by atoms with Crippen LogP contribution in [0, 0.1) is 0 Å².